The Morgan fingerprint density at radius 1 is 1.03 bits per heavy atom. The summed E-state index contributed by atoms with van der Waals surface area (Å²) in [7, 11) is -3.83. The SMILES string of the molecule is Cc1ccc(S(=O)(=O)N/N=C2\CCCc3oc(C(=O)Oc4cccc5ccc(C)nc45)c(C)c32)cc1. The van der Waals surface area contributed by atoms with E-state index in [1.54, 1.807) is 31.2 Å². The van der Waals surface area contributed by atoms with Gasteiger partial charge in [0.2, 0.25) is 5.76 Å². The van der Waals surface area contributed by atoms with E-state index in [0.29, 0.717) is 53.1 Å². The number of rotatable bonds is 5. The van der Waals surface area contributed by atoms with Crippen molar-refractivity contribution in [3.63, 3.8) is 0 Å². The minimum atomic E-state index is -3.83. The Morgan fingerprint density at radius 2 is 1.81 bits per heavy atom. The number of benzene rings is 2. The molecule has 9 heteroatoms. The van der Waals surface area contributed by atoms with Crippen LogP contribution in [0.15, 0.2) is 69.0 Å². The van der Waals surface area contributed by atoms with Crippen LogP contribution in [0.1, 0.15) is 51.5 Å². The number of esters is 1. The molecule has 0 spiro atoms. The molecule has 0 unspecified atom stereocenters. The topological polar surface area (TPSA) is 111 Å². The molecule has 2 aromatic carbocycles. The van der Waals surface area contributed by atoms with E-state index < -0.39 is 16.0 Å². The maximum Gasteiger partial charge on any atom is 0.380 e. The maximum atomic E-state index is 13.1. The van der Waals surface area contributed by atoms with Gasteiger partial charge < -0.3 is 9.15 Å². The van der Waals surface area contributed by atoms with Crippen molar-refractivity contribution in [1.82, 2.24) is 9.82 Å². The quantitative estimate of drug-likeness (QED) is 0.233. The average molecular weight is 504 g/mol. The molecule has 184 valence electrons. The van der Waals surface area contributed by atoms with Crippen molar-refractivity contribution in [2.75, 3.05) is 0 Å². The molecule has 1 aliphatic rings. The predicted molar refractivity (Wildman–Crippen MR) is 136 cm³/mol. The first-order valence-corrected chi connectivity index (χ1v) is 13.1. The second-order valence-corrected chi connectivity index (χ2v) is 10.5. The van der Waals surface area contributed by atoms with Gasteiger partial charge in [0.1, 0.15) is 11.3 Å². The molecule has 5 rings (SSSR count). The lowest BCUT2D eigenvalue weighted by Gasteiger charge is -2.14. The van der Waals surface area contributed by atoms with Gasteiger partial charge in [-0.05, 0) is 57.9 Å². The van der Waals surface area contributed by atoms with Crippen molar-refractivity contribution in [3.05, 3.63) is 88.5 Å². The lowest BCUT2D eigenvalue weighted by atomic mass is 9.93. The standard InChI is InChI=1S/C27H25N3O5S/c1-16-10-14-20(15-11-16)36(32,33)30-29-21-7-5-8-22-24(21)18(3)26(34-22)27(31)35-23-9-4-6-19-13-12-17(2)28-25(19)23/h4,6,9-15,30H,5,7-8H2,1-3H3/b29-21+. The monoisotopic (exact) mass is 503 g/mol. The molecule has 0 amide bonds. The number of nitrogens with zero attached hydrogens (tertiary/aromatic N) is 2. The van der Waals surface area contributed by atoms with Gasteiger partial charge in [0.15, 0.2) is 5.75 Å². The van der Waals surface area contributed by atoms with Gasteiger partial charge in [-0.15, -0.1) is 0 Å². The summed E-state index contributed by atoms with van der Waals surface area (Å²) in [6, 6.07) is 15.7. The zero-order chi connectivity index (χ0) is 25.4. The normalized spacial score (nSPS) is 14.6. The first-order valence-electron chi connectivity index (χ1n) is 11.6. The highest BCUT2D eigenvalue weighted by Crippen LogP contribution is 2.32. The lowest BCUT2D eigenvalue weighted by Crippen LogP contribution is -2.22. The fraction of sp³-hybridized carbons (Fsp3) is 0.222. The van der Waals surface area contributed by atoms with Gasteiger partial charge >= 0.3 is 5.97 Å². The van der Waals surface area contributed by atoms with Gasteiger partial charge in [-0.3, -0.25) is 0 Å². The highest BCUT2D eigenvalue weighted by Gasteiger charge is 2.29. The highest BCUT2D eigenvalue weighted by atomic mass is 32.2. The molecular weight excluding hydrogens is 478 g/mol. The van der Waals surface area contributed by atoms with Crippen molar-refractivity contribution in [3.8, 4) is 5.75 Å². The van der Waals surface area contributed by atoms with Crippen LogP contribution in [0.2, 0.25) is 0 Å². The number of nitrogens with one attached hydrogen (secondary N) is 1. The Balaban J connectivity index is 1.44. The van der Waals surface area contributed by atoms with Crippen LogP contribution in [-0.4, -0.2) is 25.1 Å². The number of fused-ring (bicyclic) bond motifs is 2. The summed E-state index contributed by atoms with van der Waals surface area (Å²) in [5, 5.41) is 5.08. The third kappa shape index (κ3) is 4.49. The van der Waals surface area contributed by atoms with Gasteiger partial charge in [-0.25, -0.2) is 9.78 Å². The minimum Gasteiger partial charge on any atom is -0.453 e. The van der Waals surface area contributed by atoms with E-state index >= 15 is 0 Å². The second-order valence-electron chi connectivity index (χ2n) is 8.84. The average Bonchev–Trinajstić information content (AvgIpc) is 3.20. The van der Waals surface area contributed by atoms with Crippen molar-refractivity contribution in [1.29, 1.82) is 0 Å². The van der Waals surface area contributed by atoms with E-state index in [-0.39, 0.29) is 10.7 Å². The molecule has 0 saturated heterocycles. The van der Waals surface area contributed by atoms with E-state index in [0.717, 1.165) is 16.6 Å². The smallest absolute Gasteiger partial charge is 0.380 e. The number of hydrogen-bond acceptors (Lipinski definition) is 7. The van der Waals surface area contributed by atoms with Crippen LogP contribution in [0.4, 0.5) is 0 Å². The Labute approximate surface area is 209 Å². The van der Waals surface area contributed by atoms with Crippen molar-refractivity contribution in [2.24, 2.45) is 5.10 Å². The maximum absolute atomic E-state index is 13.1. The van der Waals surface area contributed by atoms with Crippen LogP contribution < -0.4 is 9.57 Å². The Bertz CT molecular complexity index is 1620. The van der Waals surface area contributed by atoms with E-state index in [1.165, 1.54) is 12.1 Å². The minimum absolute atomic E-state index is 0.0700. The summed E-state index contributed by atoms with van der Waals surface area (Å²) in [6.45, 7) is 5.51. The summed E-state index contributed by atoms with van der Waals surface area (Å²) < 4.78 is 37.0. The molecule has 4 aromatic rings. The van der Waals surface area contributed by atoms with E-state index in [1.807, 2.05) is 32.0 Å². The van der Waals surface area contributed by atoms with Crippen molar-refractivity contribution < 1.29 is 22.4 Å². The fourth-order valence-electron chi connectivity index (χ4n) is 4.31. The summed E-state index contributed by atoms with van der Waals surface area (Å²) >= 11 is 0. The number of hydrazone groups is 1. The van der Waals surface area contributed by atoms with Gasteiger partial charge in [0.05, 0.1) is 10.6 Å². The van der Waals surface area contributed by atoms with Crippen LogP contribution in [0.3, 0.4) is 0 Å². The van der Waals surface area contributed by atoms with Gasteiger partial charge in [-0.1, -0.05) is 35.9 Å². The number of aromatic nitrogens is 1. The summed E-state index contributed by atoms with van der Waals surface area (Å²) in [5.41, 5.74) is 4.09. The third-order valence-electron chi connectivity index (χ3n) is 6.17. The molecule has 0 radical (unpaired) electrons. The van der Waals surface area contributed by atoms with Crippen molar-refractivity contribution in [2.45, 2.75) is 44.9 Å². The summed E-state index contributed by atoms with van der Waals surface area (Å²) in [4.78, 5) is 20.1. The lowest BCUT2D eigenvalue weighted by molar-refractivity contribution is 0.0700. The highest BCUT2D eigenvalue weighted by molar-refractivity contribution is 7.89. The number of furan rings is 1. The van der Waals surface area contributed by atoms with E-state index in [9.17, 15) is 13.2 Å². The van der Waals surface area contributed by atoms with Crippen LogP contribution in [0, 0.1) is 20.8 Å². The molecule has 2 aromatic heterocycles. The van der Waals surface area contributed by atoms with Crippen LogP contribution in [-0.2, 0) is 16.4 Å². The van der Waals surface area contributed by atoms with E-state index in [2.05, 4.69) is 14.9 Å². The second kappa shape index (κ2) is 9.23. The molecule has 0 aliphatic heterocycles. The first-order chi connectivity index (χ1) is 17.2. The summed E-state index contributed by atoms with van der Waals surface area (Å²) in [5.74, 6) is 0.360. The molecule has 36 heavy (non-hydrogen) atoms. The number of ether oxygens (including phenoxy) is 1. The molecule has 0 bridgehead atoms. The van der Waals surface area contributed by atoms with Crippen LogP contribution >= 0.6 is 0 Å². The molecule has 0 fully saturated rings. The molecule has 0 atom stereocenters. The number of para-hydroxylation sites is 1. The number of aryl methyl sites for hydroxylation is 3. The zero-order valence-corrected chi connectivity index (χ0v) is 21.0. The first kappa shape index (κ1) is 23.7. The number of sulfonamides is 1. The summed E-state index contributed by atoms with van der Waals surface area (Å²) in [6.07, 6.45) is 1.87. The molecule has 0 saturated carbocycles. The van der Waals surface area contributed by atoms with Gasteiger partial charge in [-0.2, -0.15) is 18.4 Å². The van der Waals surface area contributed by atoms with Gasteiger partial charge in [0, 0.05) is 28.6 Å². The number of hydrogen-bond donors (Lipinski definition) is 1. The molecule has 1 aliphatic carbocycles. The predicted octanol–water partition coefficient (Wildman–Crippen LogP) is 4.99. The molecule has 2 heterocycles. The fourth-order valence-corrected chi connectivity index (χ4v) is 5.14. The van der Waals surface area contributed by atoms with Crippen molar-refractivity contribution >= 4 is 32.6 Å². The number of carbonyl (C=O) groups excluding carboxylic acids is 1. The Kier molecular flexibility index (Phi) is 6.09. The van der Waals surface area contributed by atoms with Gasteiger partial charge in [0.25, 0.3) is 10.0 Å². The molecule has 8 nitrogen and oxygen atoms in total. The number of carbonyl (C=O) groups is 1. The third-order valence-corrected chi connectivity index (χ3v) is 7.39. The molecule has 1 N–H and O–H groups in total. The zero-order valence-electron chi connectivity index (χ0n) is 20.2. The van der Waals surface area contributed by atoms with Crippen LogP contribution in [0.5, 0.6) is 5.75 Å². The molecular formula is C27H25N3O5S. The van der Waals surface area contributed by atoms with Crippen LogP contribution in [0.25, 0.3) is 10.9 Å². The largest absolute Gasteiger partial charge is 0.453 e. The van der Waals surface area contributed by atoms with E-state index in [4.69, 9.17) is 9.15 Å². The number of pyridine rings is 1. The Hall–Kier alpha value is -3.98. The Morgan fingerprint density at radius 3 is 2.58 bits per heavy atom.